The first-order valence-corrected chi connectivity index (χ1v) is 12.7. The quantitative estimate of drug-likeness (QED) is 0.415. The molecule has 212 valence electrons. The highest BCUT2D eigenvalue weighted by Gasteiger charge is 2.58. The number of halogens is 4. The van der Waals surface area contributed by atoms with Crippen LogP contribution in [0.4, 0.5) is 17.6 Å². The van der Waals surface area contributed by atoms with Gasteiger partial charge in [-0.05, 0) is 44.6 Å². The van der Waals surface area contributed by atoms with E-state index in [0.717, 1.165) is 6.20 Å². The normalized spacial score (nSPS) is 28.3. The predicted octanol–water partition coefficient (Wildman–Crippen LogP) is 2.33. The highest BCUT2D eigenvalue weighted by molar-refractivity contribution is 5.94. The monoisotopic (exact) mass is 555 g/mol. The number of piperidine rings is 1. The summed E-state index contributed by atoms with van der Waals surface area (Å²) >= 11 is 0. The molecule has 4 atom stereocenters. The molecular weight excluding hydrogens is 526 g/mol. The molecule has 39 heavy (non-hydrogen) atoms. The number of likely N-dealkylation sites (tertiary alicyclic amines) is 1. The van der Waals surface area contributed by atoms with E-state index < -0.39 is 54.0 Å². The smallest absolute Gasteiger partial charge is 0.417 e. The number of methoxy groups -OCH3 is 1. The number of aromatic nitrogens is 3. The molecule has 14 heteroatoms. The third-order valence-corrected chi connectivity index (χ3v) is 8.21. The third kappa shape index (κ3) is 5.07. The lowest BCUT2D eigenvalue weighted by Gasteiger charge is -2.42. The van der Waals surface area contributed by atoms with Crippen LogP contribution in [-0.4, -0.2) is 85.2 Å². The maximum absolute atomic E-state index is 14.3. The zero-order valence-corrected chi connectivity index (χ0v) is 21.1. The Morgan fingerprint density at radius 2 is 1.95 bits per heavy atom. The van der Waals surface area contributed by atoms with Crippen molar-refractivity contribution in [2.75, 3.05) is 13.7 Å². The number of rotatable bonds is 5. The van der Waals surface area contributed by atoms with Gasteiger partial charge in [0.15, 0.2) is 17.1 Å². The fourth-order valence-electron chi connectivity index (χ4n) is 5.70. The summed E-state index contributed by atoms with van der Waals surface area (Å²) in [5.41, 5.74) is -3.00. The number of amides is 2. The van der Waals surface area contributed by atoms with Crippen LogP contribution in [0.5, 0.6) is 5.88 Å². The molecule has 4 N–H and O–H groups in total. The molecule has 3 fully saturated rings. The van der Waals surface area contributed by atoms with Crippen LogP contribution < -0.4 is 10.1 Å². The maximum atomic E-state index is 14.3. The summed E-state index contributed by atoms with van der Waals surface area (Å²) in [4.78, 5) is 31.8. The average Bonchev–Trinajstić information content (AvgIpc) is 3.46. The molecule has 0 aromatic carbocycles. The highest BCUT2D eigenvalue weighted by atomic mass is 19.4. The number of carbonyl (C=O) groups is 2. The minimum absolute atomic E-state index is 0.0943. The van der Waals surface area contributed by atoms with Crippen LogP contribution in [0.25, 0.3) is 11.3 Å². The minimum atomic E-state index is -4.87. The molecular formula is C25H29F4N5O5. The number of alkyl halides is 3. The van der Waals surface area contributed by atoms with Gasteiger partial charge in [0.05, 0.1) is 31.1 Å². The molecule has 5 rings (SSSR count). The number of nitrogens with one attached hydrogen (secondary N) is 2. The standard InChI is InChI=1S/C25H29F4N5O5/c1-39-20-8-14(15(26)12-30-20)17-9-18(33-32-17)22(37)34-7-3-13(10-23(34)5-6-23)21(36)31-16-2-4-24(38,11-19(16)35)25(27,28)29/h8-9,12-13,16,19,35,38H,2-7,10-11H2,1H3,(H,31,36)(H,32,33)/t13-,16-,19+,24-/m0/s1. The first-order chi connectivity index (χ1) is 18.4. The molecule has 1 saturated heterocycles. The Morgan fingerprint density at radius 1 is 1.21 bits per heavy atom. The molecule has 10 nitrogen and oxygen atoms in total. The van der Waals surface area contributed by atoms with Gasteiger partial charge in [-0.25, -0.2) is 9.37 Å². The van der Waals surface area contributed by atoms with Gasteiger partial charge in [-0.3, -0.25) is 14.7 Å². The summed E-state index contributed by atoms with van der Waals surface area (Å²) in [6.07, 6.45) is -5.07. The van der Waals surface area contributed by atoms with E-state index in [4.69, 9.17) is 4.74 Å². The van der Waals surface area contributed by atoms with Gasteiger partial charge in [0.1, 0.15) is 0 Å². The second kappa shape index (κ2) is 9.73. The van der Waals surface area contributed by atoms with E-state index in [-0.39, 0.29) is 47.6 Å². The predicted molar refractivity (Wildman–Crippen MR) is 127 cm³/mol. The molecule has 1 spiro atoms. The van der Waals surface area contributed by atoms with Gasteiger partial charge in [0.25, 0.3) is 5.91 Å². The molecule has 0 unspecified atom stereocenters. The number of carbonyl (C=O) groups excluding carboxylic acids is 2. The Balaban J connectivity index is 1.22. The lowest BCUT2D eigenvalue weighted by atomic mass is 9.79. The molecule has 2 saturated carbocycles. The van der Waals surface area contributed by atoms with Gasteiger partial charge in [0, 0.05) is 36.1 Å². The van der Waals surface area contributed by atoms with Gasteiger partial charge < -0.3 is 25.2 Å². The van der Waals surface area contributed by atoms with Crippen molar-refractivity contribution in [2.45, 2.75) is 74.4 Å². The molecule has 0 radical (unpaired) electrons. The fraction of sp³-hybridized carbons (Fsp3) is 0.600. The molecule has 2 aliphatic carbocycles. The Morgan fingerprint density at radius 3 is 2.59 bits per heavy atom. The summed E-state index contributed by atoms with van der Waals surface area (Å²) < 4.78 is 58.7. The van der Waals surface area contributed by atoms with Crippen molar-refractivity contribution in [3.05, 3.63) is 29.8 Å². The number of aliphatic hydroxyl groups is 2. The summed E-state index contributed by atoms with van der Waals surface area (Å²) in [5.74, 6) is -1.65. The van der Waals surface area contributed by atoms with Crippen molar-refractivity contribution in [2.24, 2.45) is 5.92 Å². The number of hydrogen-bond acceptors (Lipinski definition) is 7. The number of H-pyrrole nitrogens is 1. The fourth-order valence-corrected chi connectivity index (χ4v) is 5.70. The zero-order chi connectivity index (χ0) is 28.2. The number of pyridine rings is 1. The summed E-state index contributed by atoms with van der Waals surface area (Å²) in [6, 6.07) is 1.93. The molecule has 2 amide bonds. The van der Waals surface area contributed by atoms with E-state index in [0.29, 0.717) is 25.7 Å². The summed E-state index contributed by atoms with van der Waals surface area (Å²) in [6.45, 7) is 0.262. The van der Waals surface area contributed by atoms with Gasteiger partial charge in [-0.2, -0.15) is 18.3 Å². The molecule has 1 aliphatic heterocycles. The van der Waals surface area contributed by atoms with Crippen molar-refractivity contribution in [3.8, 4) is 17.1 Å². The lowest BCUT2D eigenvalue weighted by Crippen LogP contribution is -2.58. The molecule has 0 bridgehead atoms. The molecule has 3 aliphatic rings. The van der Waals surface area contributed by atoms with E-state index in [2.05, 4.69) is 20.5 Å². The minimum Gasteiger partial charge on any atom is -0.481 e. The van der Waals surface area contributed by atoms with E-state index >= 15 is 0 Å². The van der Waals surface area contributed by atoms with Crippen LogP contribution in [0.1, 0.15) is 55.4 Å². The first-order valence-electron chi connectivity index (χ1n) is 12.7. The molecule has 3 heterocycles. The van der Waals surface area contributed by atoms with E-state index in [1.807, 2.05) is 0 Å². The van der Waals surface area contributed by atoms with Crippen molar-refractivity contribution in [1.82, 2.24) is 25.4 Å². The van der Waals surface area contributed by atoms with Crippen molar-refractivity contribution < 1.29 is 42.1 Å². The van der Waals surface area contributed by atoms with E-state index in [1.54, 1.807) is 4.90 Å². The van der Waals surface area contributed by atoms with Gasteiger partial charge in [0.2, 0.25) is 11.8 Å². The molecule has 2 aromatic rings. The van der Waals surface area contributed by atoms with Crippen molar-refractivity contribution >= 4 is 11.8 Å². The average molecular weight is 556 g/mol. The largest absolute Gasteiger partial charge is 0.481 e. The topological polar surface area (TPSA) is 141 Å². The Kier molecular flexibility index (Phi) is 6.82. The Bertz CT molecular complexity index is 1270. The number of aromatic amines is 1. The number of aliphatic hydroxyl groups excluding tert-OH is 1. The number of nitrogens with zero attached hydrogens (tertiary/aromatic N) is 3. The second-order valence-corrected chi connectivity index (χ2v) is 10.7. The Hall–Kier alpha value is -3.26. The summed E-state index contributed by atoms with van der Waals surface area (Å²) in [7, 11) is 1.40. The number of hydrogen-bond donors (Lipinski definition) is 4. The van der Waals surface area contributed by atoms with Gasteiger partial charge >= 0.3 is 6.18 Å². The zero-order valence-electron chi connectivity index (χ0n) is 21.1. The van der Waals surface area contributed by atoms with Crippen LogP contribution in [-0.2, 0) is 4.79 Å². The van der Waals surface area contributed by atoms with Crippen molar-refractivity contribution in [1.29, 1.82) is 0 Å². The SMILES string of the molecule is COc1cc(-c2cc(C(=O)N3CC[C@H](C(=O)N[C@H]4CC[C@@](O)(C(F)(F)F)C[C@H]4O)CC34CC4)n[nH]2)c(F)cn1. The maximum Gasteiger partial charge on any atom is 0.417 e. The first kappa shape index (κ1) is 27.3. The van der Waals surface area contributed by atoms with E-state index in [9.17, 15) is 37.4 Å². The summed E-state index contributed by atoms with van der Waals surface area (Å²) in [5, 5.41) is 29.5. The van der Waals surface area contributed by atoms with E-state index in [1.165, 1.54) is 19.2 Å². The van der Waals surface area contributed by atoms with Crippen LogP contribution in [0.15, 0.2) is 18.3 Å². The van der Waals surface area contributed by atoms with Gasteiger partial charge in [-0.15, -0.1) is 0 Å². The molecule has 2 aromatic heterocycles. The van der Waals surface area contributed by atoms with Crippen LogP contribution in [0, 0.1) is 11.7 Å². The highest BCUT2D eigenvalue weighted by Crippen LogP contribution is 2.50. The van der Waals surface area contributed by atoms with Gasteiger partial charge in [-0.1, -0.05) is 0 Å². The second-order valence-electron chi connectivity index (χ2n) is 10.7. The lowest BCUT2D eigenvalue weighted by molar-refractivity contribution is -0.279. The van der Waals surface area contributed by atoms with Crippen molar-refractivity contribution in [3.63, 3.8) is 0 Å². The van der Waals surface area contributed by atoms with Crippen LogP contribution in [0.3, 0.4) is 0 Å². The Labute approximate surface area is 220 Å². The van der Waals surface area contributed by atoms with Crippen LogP contribution in [0.2, 0.25) is 0 Å². The number of ether oxygens (including phenoxy) is 1. The third-order valence-electron chi connectivity index (χ3n) is 8.21. The van der Waals surface area contributed by atoms with Crippen LogP contribution >= 0.6 is 0 Å².